The van der Waals surface area contributed by atoms with Crippen LogP contribution in [0.4, 0.5) is 0 Å². The van der Waals surface area contributed by atoms with Crippen molar-refractivity contribution in [1.82, 2.24) is 34.5 Å². The topological polar surface area (TPSA) is 90.8 Å². The van der Waals surface area contributed by atoms with Crippen molar-refractivity contribution in [3.63, 3.8) is 0 Å². The highest BCUT2D eigenvalue weighted by Crippen LogP contribution is 2.30. The van der Waals surface area contributed by atoms with E-state index in [0.29, 0.717) is 23.4 Å². The van der Waals surface area contributed by atoms with E-state index >= 15 is 0 Å². The summed E-state index contributed by atoms with van der Waals surface area (Å²) in [4.78, 5) is 28.4. The highest BCUT2D eigenvalue weighted by molar-refractivity contribution is 7.99. The van der Waals surface area contributed by atoms with Crippen LogP contribution in [0.3, 0.4) is 0 Å². The molecule has 0 saturated heterocycles. The van der Waals surface area contributed by atoms with E-state index in [4.69, 9.17) is 0 Å². The van der Waals surface area contributed by atoms with Crippen molar-refractivity contribution in [1.29, 1.82) is 0 Å². The lowest BCUT2D eigenvalue weighted by atomic mass is 10.2. The Labute approximate surface area is 201 Å². The SMILES string of the molecule is Cc1c(-n2nnnc2SCC(=O)N(Cc2ccccc2)C2CC2)c(=O)n(-c2ccccc2)n1C. The Morgan fingerprint density at radius 1 is 1.09 bits per heavy atom. The van der Waals surface area contributed by atoms with Gasteiger partial charge in [0.15, 0.2) is 5.69 Å². The maximum Gasteiger partial charge on any atom is 0.297 e. The van der Waals surface area contributed by atoms with E-state index in [9.17, 15) is 9.59 Å². The monoisotopic (exact) mass is 475 g/mol. The lowest BCUT2D eigenvalue weighted by Crippen LogP contribution is -2.34. The molecule has 0 aliphatic heterocycles. The van der Waals surface area contributed by atoms with Gasteiger partial charge in [0, 0.05) is 19.6 Å². The fraction of sp³-hybridized carbons (Fsp3) is 0.292. The second kappa shape index (κ2) is 9.30. The van der Waals surface area contributed by atoms with Crippen LogP contribution < -0.4 is 5.56 Å². The number of para-hydroxylation sites is 1. The highest BCUT2D eigenvalue weighted by atomic mass is 32.2. The summed E-state index contributed by atoms with van der Waals surface area (Å²) in [6.07, 6.45) is 2.06. The third kappa shape index (κ3) is 4.28. The third-order valence-corrected chi connectivity index (χ3v) is 6.91. The van der Waals surface area contributed by atoms with E-state index in [1.807, 2.05) is 79.5 Å². The van der Waals surface area contributed by atoms with Crippen LogP contribution in [-0.4, -0.2) is 52.2 Å². The summed E-state index contributed by atoms with van der Waals surface area (Å²) in [5.41, 5.74) is 2.73. The summed E-state index contributed by atoms with van der Waals surface area (Å²) in [5.74, 6) is 0.236. The molecule has 1 fully saturated rings. The maximum absolute atomic E-state index is 13.4. The first-order valence-corrected chi connectivity index (χ1v) is 12.1. The molecule has 2 aromatic heterocycles. The second-order valence-corrected chi connectivity index (χ2v) is 9.25. The fourth-order valence-electron chi connectivity index (χ4n) is 4.00. The summed E-state index contributed by atoms with van der Waals surface area (Å²) in [5, 5.41) is 12.4. The molecule has 1 aliphatic rings. The first-order valence-electron chi connectivity index (χ1n) is 11.1. The van der Waals surface area contributed by atoms with Crippen molar-refractivity contribution in [3.05, 3.63) is 82.3 Å². The first kappa shape index (κ1) is 22.1. The molecule has 34 heavy (non-hydrogen) atoms. The average Bonchev–Trinajstić information content (AvgIpc) is 3.55. The molecule has 0 N–H and O–H groups in total. The first-order chi connectivity index (χ1) is 16.5. The van der Waals surface area contributed by atoms with Crippen LogP contribution in [0.25, 0.3) is 11.4 Å². The Morgan fingerprint density at radius 2 is 1.76 bits per heavy atom. The molecule has 4 aromatic rings. The predicted octanol–water partition coefficient (Wildman–Crippen LogP) is 2.74. The zero-order valence-corrected chi connectivity index (χ0v) is 19.9. The van der Waals surface area contributed by atoms with Crippen molar-refractivity contribution in [2.24, 2.45) is 7.05 Å². The van der Waals surface area contributed by atoms with E-state index in [1.165, 1.54) is 16.4 Å². The van der Waals surface area contributed by atoms with E-state index in [2.05, 4.69) is 15.5 Å². The van der Waals surface area contributed by atoms with Crippen molar-refractivity contribution in [2.75, 3.05) is 5.75 Å². The zero-order valence-electron chi connectivity index (χ0n) is 19.0. The molecule has 0 radical (unpaired) electrons. The van der Waals surface area contributed by atoms with Gasteiger partial charge in [-0.25, -0.2) is 4.68 Å². The van der Waals surface area contributed by atoms with Gasteiger partial charge in [0.2, 0.25) is 11.1 Å². The number of hydrogen-bond donors (Lipinski definition) is 0. The molecule has 2 aromatic carbocycles. The molecule has 0 atom stereocenters. The van der Waals surface area contributed by atoms with E-state index in [0.717, 1.165) is 29.8 Å². The lowest BCUT2D eigenvalue weighted by molar-refractivity contribution is -0.129. The number of amides is 1. The molecule has 2 heterocycles. The van der Waals surface area contributed by atoms with Gasteiger partial charge in [-0.3, -0.25) is 14.3 Å². The smallest absolute Gasteiger partial charge is 0.297 e. The van der Waals surface area contributed by atoms with E-state index < -0.39 is 0 Å². The number of thioether (sulfide) groups is 1. The van der Waals surface area contributed by atoms with Gasteiger partial charge < -0.3 is 4.90 Å². The molecule has 0 unspecified atom stereocenters. The van der Waals surface area contributed by atoms with Crippen LogP contribution in [0, 0.1) is 6.92 Å². The van der Waals surface area contributed by atoms with Gasteiger partial charge in [0.05, 0.1) is 17.1 Å². The third-order valence-electron chi connectivity index (χ3n) is 6.01. The van der Waals surface area contributed by atoms with Gasteiger partial charge in [-0.1, -0.05) is 60.3 Å². The molecular formula is C24H25N7O2S. The maximum atomic E-state index is 13.4. The van der Waals surface area contributed by atoms with Gasteiger partial charge >= 0.3 is 0 Å². The Hall–Kier alpha value is -3.66. The molecule has 1 aliphatic carbocycles. The van der Waals surface area contributed by atoms with E-state index in [-0.39, 0.29) is 17.2 Å². The van der Waals surface area contributed by atoms with Crippen LogP contribution in [0.2, 0.25) is 0 Å². The van der Waals surface area contributed by atoms with Crippen molar-refractivity contribution >= 4 is 17.7 Å². The number of carbonyl (C=O) groups is 1. The minimum Gasteiger partial charge on any atom is -0.335 e. The predicted molar refractivity (Wildman–Crippen MR) is 129 cm³/mol. The standard InChI is InChI=1S/C24H25N7O2S/c1-17-22(23(33)31(28(17)2)20-11-7-4-8-12-20)30-24(25-26-27-30)34-16-21(32)29(19-13-14-19)15-18-9-5-3-6-10-18/h3-12,19H,13-16H2,1-2H3. The number of rotatable bonds is 8. The molecule has 1 saturated carbocycles. The Bertz CT molecular complexity index is 1360. The van der Waals surface area contributed by atoms with Gasteiger partial charge in [0.25, 0.3) is 5.56 Å². The highest BCUT2D eigenvalue weighted by Gasteiger charge is 2.33. The Kier molecular flexibility index (Phi) is 6.06. The second-order valence-electron chi connectivity index (χ2n) is 8.31. The van der Waals surface area contributed by atoms with Crippen LogP contribution in [0.1, 0.15) is 24.1 Å². The van der Waals surface area contributed by atoms with Crippen molar-refractivity contribution in [2.45, 2.75) is 37.5 Å². The van der Waals surface area contributed by atoms with Gasteiger partial charge in [-0.05, 0) is 47.9 Å². The van der Waals surface area contributed by atoms with Crippen LogP contribution in [0.15, 0.2) is 70.6 Å². The van der Waals surface area contributed by atoms with Crippen LogP contribution in [0.5, 0.6) is 0 Å². The summed E-state index contributed by atoms with van der Waals surface area (Å²) in [7, 11) is 1.82. The average molecular weight is 476 g/mol. The minimum absolute atomic E-state index is 0.0392. The molecule has 0 spiro atoms. The van der Waals surface area contributed by atoms with Crippen LogP contribution >= 0.6 is 11.8 Å². The number of tetrazole rings is 1. The van der Waals surface area contributed by atoms with Crippen molar-refractivity contribution in [3.8, 4) is 11.4 Å². The normalized spacial score (nSPS) is 13.2. The molecule has 174 valence electrons. The quantitative estimate of drug-likeness (QED) is 0.364. The minimum atomic E-state index is -0.227. The molecular weight excluding hydrogens is 450 g/mol. The summed E-state index contributed by atoms with van der Waals surface area (Å²) >= 11 is 1.25. The number of benzene rings is 2. The summed E-state index contributed by atoms with van der Waals surface area (Å²) in [6, 6.07) is 19.7. The fourth-order valence-corrected chi connectivity index (χ4v) is 4.77. The van der Waals surface area contributed by atoms with Gasteiger partial charge in [0.1, 0.15) is 0 Å². The van der Waals surface area contributed by atoms with Gasteiger partial charge in [-0.15, -0.1) is 5.10 Å². The van der Waals surface area contributed by atoms with Crippen molar-refractivity contribution < 1.29 is 4.79 Å². The zero-order chi connectivity index (χ0) is 23.7. The van der Waals surface area contributed by atoms with Crippen LogP contribution in [-0.2, 0) is 18.4 Å². The Morgan fingerprint density at radius 3 is 2.44 bits per heavy atom. The number of aromatic nitrogens is 6. The molecule has 9 nitrogen and oxygen atoms in total. The number of nitrogens with zero attached hydrogens (tertiary/aromatic N) is 7. The largest absolute Gasteiger partial charge is 0.335 e. The Balaban J connectivity index is 1.37. The van der Waals surface area contributed by atoms with E-state index in [1.54, 1.807) is 9.36 Å². The summed E-state index contributed by atoms with van der Waals surface area (Å²) < 4.78 is 4.80. The van der Waals surface area contributed by atoms with Gasteiger partial charge in [-0.2, -0.15) is 4.68 Å². The number of carbonyl (C=O) groups excluding carboxylic acids is 1. The summed E-state index contributed by atoms with van der Waals surface area (Å²) in [6.45, 7) is 2.45. The molecule has 5 rings (SSSR count). The lowest BCUT2D eigenvalue weighted by Gasteiger charge is -2.22. The number of hydrogen-bond acceptors (Lipinski definition) is 6. The molecule has 0 bridgehead atoms. The molecule has 1 amide bonds. The molecule has 10 heteroatoms.